The monoisotopic (exact) mass is 398 g/mol. The van der Waals surface area contributed by atoms with Crippen molar-refractivity contribution < 1.29 is 14.3 Å². The Morgan fingerprint density at radius 3 is 2.28 bits per heavy atom. The molecule has 7 heteroatoms. The molecule has 29 heavy (non-hydrogen) atoms. The van der Waals surface area contributed by atoms with Crippen molar-refractivity contribution in [3.63, 3.8) is 0 Å². The van der Waals surface area contributed by atoms with Crippen LogP contribution in [0, 0.1) is 11.3 Å². The second-order valence-corrected chi connectivity index (χ2v) is 6.84. The Balaban J connectivity index is 2.50. The number of rotatable bonds is 12. The molecule has 1 heterocycles. The van der Waals surface area contributed by atoms with Gasteiger partial charge in [-0.15, -0.1) is 0 Å². The standard InChI is InChI=1S/C22H30N4O3/c1-4-6-12-26(13-7-5-2)21-20(17(16-23)22(27)29-15-14-28-3)24-18-10-8-9-11-19(18)25-21/h8-11,17H,4-7,12-15H2,1-3H3. The highest BCUT2D eigenvalue weighted by Gasteiger charge is 2.30. The molecule has 0 fully saturated rings. The minimum atomic E-state index is -1.13. The fourth-order valence-corrected chi connectivity index (χ4v) is 2.99. The molecule has 0 aliphatic heterocycles. The summed E-state index contributed by atoms with van der Waals surface area (Å²) in [5.74, 6) is -1.16. The second-order valence-electron chi connectivity index (χ2n) is 6.84. The van der Waals surface area contributed by atoms with Gasteiger partial charge in [0.2, 0.25) is 0 Å². The quantitative estimate of drug-likeness (QED) is 0.396. The number of carbonyl (C=O) groups is 1. The molecule has 0 bridgehead atoms. The lowest BCUT2D eigenvalue weighted by Crippen LogP contribution is -2.30. The number of aromatic nitrogens is 2. The lowest BCUT2D eigenvalue weighted by Gasteiger charge is -2.26. The van der Waals surface area contributed by atoms with Crippen LogP contribution in [0.1, 0.15) is 51.1 Å². The van der Waals surface area contributed by atoms with E-state index in [9.17, 15) is 10.1 Å². The summed E-state index contributed by atoms with van der Waals surface area (Å²) in [6.07, 6.45) is 4.07. The maximum atomic E-state index is 12.6. The molecule has 0 amide bonds. The van der Waals surface area contributed by atoms with Crippen molar-refractivity contribution in [1.82, 2.24) is 9.97 Å². The largest absolute Gasteiger partial charge is 0.462 e. The third-order valence-corrected chi connectivity index (χ3v) is 4.61. The summed E-state index contributed by atoms with van der Waals surface area (Å²) in [6.45, 7) is 6.24. The number of ether oxygens (including phenoxy) is 2. The number of unbranched alkanes of at least 4 members (excludes halogenated alkanes) is 2. The number of hydrogen-bond donors (Lipinski definition) is 0. The summed E-state index contributed by atoms with van der Waals surface area (Å²) in [7, 11) is 1.53. The molecule has 0 saturated carbocycles. The van der Waals surface area contributed by atoms with Gasteiger partial charge < -0.3 is 14.4 Å². The zero-order valence-corrected chi connectivity index (χ0v) is 17.6. The highest BCUT2D eigenvalue weighted by molar-refractivity contribution is 5.85. The molecule has 2 rings (SSSR count). The van der Waals surface area contributed by atoms with Crippen LogP contribution in [0.15, 0.2) is 24.3 Å². The minimum Gasteiger partial charge on any atom is -0.462 e. The van der Waals surface area contributed by atoms with E-state index in [0.717, 1.165) is 44.3 Å². The van der Waals surface area contributed by atoms with Crippen molar-refractivity contribution in [3.8, 4) is 6.07 Å². The highest BCUT2D eigenvalue weighted by atomic mass is 16.6. The first-order valence-electron chi connectivity index (χ1n) is 10.2. The molecular weight excluding hydrogens is 368 g/mol. The molecule has 1 aromatic heterocycles. The summed E-state index contributed by atoms with van der Waals surface area (Å²) < 4.78 is 10.1. The molecular formula is C22H30N4O3. The molecule has 0 aliphatic carbocycles. The van der Waals surface area contributed by atoms with E-state index >= 15 is 0 Å². The predicted molar refractivity (Wildman–Crippen MR) is 113 cm³/mol. The molecule has 0 saturated heterocycles. The first-order valence-corrected chi connectivity index (χ1v) is 10.2. The van der Waals surface area contributed by atoms with Crippen molar-refractivity contribution >= 4 is 22.8 Å². The molecule has 1 unspecified atom stereocenters. The Bertz CT molecular complexity index is 826. The van der Waals surface area contributed by atoms with Gasteiger partial charge in [0.1, 0.15) is 12.3 Å². The topological polar surface area (TPSA) is 88.3 Å². The number of nitrogens with zero attached hydrogens (tertiary/aromatic N) is 4. The fourth-order valence-electron chi connectivity index (χ4n) is 2.99. The van der Waals surface area contributed by atoms with Gasteiger partial charge in [-0.3, -0.25) is 4.79 Å². The van der Waals surface area contributed by atoms with Crippen molar-refractivity contribution in [3.05, 3.63) is 30.0 Å². The molecule has 0 aliphatic rings. The summed E-state index contributed by atoms with van der Waals surface area (Å²) in [4.78, 5) is 24.2. The van der Waals surface area contributed by atoms with Crippen molar-refractivity contribution in [2.75, 3.05) is 38.3 Å². The number of esters is 1. The first kappa shape index (κ1) is 22.6. The van der Waals surface area contributed by atoms with E-state index in [1.807, 2.05) is 24.3 Å². The lowest BCUT2D eigenvalue weighted by molar-refractivity contribution is -0.145. The SMILES string of the molecule is CCCCN(CCCC)c1nc2ccccc2nc1C(C#N)C(=O)OCCOC. The van der Waals surface area contributed by atoms with Gasteiger partial charge in [-0.05, 0) is 25.0 Å². The first-order chi connectivity index (χ1) is 14.2. The highest BCUT2D eigenvalue weighted by Crippen LogP contribution is 2.28. The van der Waals surface area contributed by atoms with Crippen LogP contribution in [0.3, 0.4) is 0 Å². The molecule has 2 aromatic rings. The Morgan fingerprint density at radius 1 is 1.10 bits per heavy atom. The van der Waals surface area contributed by atoms with E-state index in [1.54, 1.807) is 0 Å². The van der Waals surface area contributed by atoms with Gasteiger partial charge in [0, 0.05) is 20.2 Å². The normalized spacial score (nSPS) is 11.8. The van der Waals surface area contributed by atoms with E-state index in [4.69, 9.17) is 14.5 Å². The van der Waals surface area contributed by atoms with Gasteiger partial charge in [0.05, 0.1) is 23.7 Å². The number of anilines is 1. The van der Waals surface area contributed by atoms with Crippen LogP contribution in [-0.2, 0) is 14.3 Å². The van der Waals surface area contributed by atoms with E-state index in [-0.39, 0.29) is 13.2 Å². The number of hydrogen-bond acceptors (Lipinski definition) is 7. The van der Waals surface area contributed by atoms with Crippen molar-refractivity contribution in [2.45, 2.75) is 45.4 Å². The molecule has 1 aromatic carbocycles. The number of para-hydroxylation sites is 2. The van der Waals surface area contributed by atoms with E-state index < -0.39 is 11.9 Å². The van der Waals surface area contributed by atoms with E-state index in [2.05, 4.69) is 29.8 Å². The summed E-state index contributed by atoms with van der Waals surface area (Å²) >= 11 is 0. The van der Waals surface area contributed by atoms with Gasteiger partial charge in [-0.1, -0.05) is 38.8 Å². The third kappa shape index (κ3) is 6.13. The van der Waals surface area contributed by atoms with Crippen molar-refractivity contribution in [2.24, 2.45) is 0 Å². The maximum Gasteiger partial charge on any atom is 0.329 e. The van der Waals surface area contributed by atoms with Gasteiger partial charge in [0.25, 0.3) is 0 Å². The molecule has 0 radical (unpaired) electrons. The fraction of sp³-hybridized carbons (Fsp3) is 0.545. The summed E-state index contributed by atoms with van der Waals surface area (Å²) in [6, 6.07) is 9.58. The Kier molecular flexibility index (Phi) is 9.32. The Hall–Kier alpha value is -2.72. The van der Waals surface area contributed by atoms with Crippen LogP contribution in [-0.4, -0.2) is 49.4 Å². The number of benzene rings is 1. The average molecular weight is 399 g/mol. The van der Waals surface area contributed by atoms with Crippen molar-refractivity contribution in [1.29, 1.82) is 5.26 Å². The Labute approximate surface area is 172 Å². The lowest BCUT2D eigenvalue weighted by atomic mass is 10.1. The molecule has 0 N–H and O–H groups in total. The van der Waals surface area contributed by atoms with Crippen LogP contribution in [0.4, 0.5) is 5.82 Å². The van der Waals surface area contributed by atoms with Gasteiger partial charge in [0.15, 0.2) is 11.7 Å². The number of nitriles is 1. The Morgan fingerprint density at radius 2 is 1.72 bits per heavy atom. The zero-order valence-electron chi connectivity index (χ0n) is 17.6. The van der Waals surface area contributed by atoms with Gasteiger partial charge in [-0.2, -0.15) is 5.26 Å². The molecule has 0 spiro atoms. The number of methoxy groups -OCH3 is 1. The van der Waals surface area contributed by atoms with Crippen LogP contribution in [0.5, 0.6) is 0 Å². The number of fused-ring (bicyclic) bond motifs is 1. The third-order valence-electron chi connectivity index (χ3n) is 4.61. The number of carbonyl (C=O) groups excluding carboxylic acids is 1. The van der Waals surface area contributed by atoms with Crippen LogP contribution < -0.4 is 4.90 Å². The summed E-state index contributed by atoms with van der Waals surface area (Å²) in [5, 5.41) is 9.77. The summed E-state index contributed by atoms with van der Waals surface area (Å²) in [5.41, 5.74) is 1.76. The molecule has 7 nitrogen and oxygen atoms in total. The zero-order chi connectivity index (χ0) is 21.1. The van der Waals surface area contributed by atoms with Gasteiger partial charge >= 0.3 is 5.97 Å². The molecule has 1 atom stereocenters. The minimum absolute atomic E-state index is 0.0965. The smallest absolute Gasteiger partial charge is 0.329 e. The maximum absolute atomic E-state index is 12.6. The van der Waals surface area contributed by atoms with Crippen LogP contribution >= 0.6 is 0 Å². The predicted octanol–water partition coefficient (Wildman–Crippen LogP) is 3.83. The van der Waals surface area contributed by atoms with E-state index in [1.165, 1.54) is 7.11 Å². The second kappa shape index (κ2) is 12.0. The van der Waals surface area contributed by atoms with Crippen LogP contribution in [0.2, 0.25) is 0 Å². The van der Waals surface area contributed by atoms with Crippen LogP contribution in [0.25, 0.3) is 11.0 Å². The molecule has 156 valence electrons. The van der Waals surface area contributed by atoms with E-state index in [0.29, 0.717) is 17.0 Å². The average Bonchev–Trinajstić information content (AvgIpc) is 2.74. The van der Waals surface area contributed by atoms with Gasteiger partial charge in [-0.25, -0.2) is 9.97 Å².